The predicted octanol–water partition coefficient (Wildman–Crippen LogP) is 1.69. The Morgan fingerprint density at radius 3 is 2.45 bits per heavy atom. The Balaban J connectivity index is 1.49. The number of hydrazine groups is 1. The lowest BCUT2D eigenvalue weighted by atomic mass is 10.1. The van der Waals surface area contributed by atoms with Gasteiger partial charge in [0.15, 0.2) is 6.61 Å². The molecule has 0 spiro atoms. The van der Waals surface area contributed by atoms with Crippen molar-refractivity contribution in [1.29, 1.82) is 0 Å². The van der Waals surface area contributed by atoms with E-state index in [4.69, 9.17) is 14.2 Å². The molecule has 0 saturated carbocycles. The SMILES string of the molecule is COc1ccc(NC(=O)COC(=O)[C@@H]2CC(=O)N(NC(=O)c3ccc(C)cc3)C2)c(OC)c1. The first kappa shape index (κ1) is 23.6. The van der Waals surface area contributed by atoms with Gasteiger partial charge in [0.1, 0.15) is 11.5 Å². The highest BCUT2D eigenvalue weighted by Gasteiger charge is 2.36. The molecule has 10 nitrogen and oxygen atoms in total. The zero-order chi connectivity index (χ0) is 24.0. The molecule has 1 heterocycles. The van der Waals surface area contributed by atoms with Crippen molar-refractivity contribution in [3.63, 3.8) is 0 Å². The van der Waals surface area contributed by atoms with Crippen LogP contribution in [0, 0.1) is 12.8 Å². The van der Waals surface area contributed by atoms with Gasteiger partial charge in [-0.25, -0.2) is 0 Å². The van der Waals surface area contributed by atoms with Gasteiger partial charge in [0.05, 0.1) is 32.4 Å². The third-order valence-corrected chi connectivity index (χ3v) is 5.04. The topological polar surface area (TPSA) is 123 Å². The van der Waals surface area contributed by atoms with Crippen LogP contribution in [0.3, 0.4) is 0 Å². The molecule has 0 radical (unpaired) electrons. The van der Waals surface area contributed by atoms with Gasteiger partial charge in [0.2, 0.25) is 5.91 Å². The standard InChI is InChI=1S/C23H25N3O7/c1-14-4-6-15(7-5-14)22(29)25-26-12-16(10-21(26)28)23(30)33-13-20(27)24-18-9-8-17(31-2)11-19(18)32-3/h4-9,11,16H,10,12-13H2,1-3H3,(H,24,27)(H,25,29)/t16-/m1/s1. The van der Waals surface area contributed by atoms with Crippen molar-refractivity contribution in [2.45, 2.75) is 13.3 Å². The maximum absolute atomic E-state index is 12.4. The molecule has 0 aromatic heterocycles. The Bertz CT molecular complexity index is 1050. The van der Waals surface area contributed by atoms with E-state index in [0.29, 0.717) is 22.7 Å². The fraction of sp³-hybridized carbons (Fsp3) is 0.304. The van der Waals surface area contributed by atoms with Crippen LogP contribution in [0.15, 0.2) is 42.5 Å². The largest absolute Gasteiger partial charge is 0.497 e. The van der Waals surface area contributed by atoms with Crippen molar-refractivity contribution in [2.75, 3.05) is 32.7 Å². The number of methoxy groups -OCH3 is 2. The molecule has 1 fully saturated rings. The van der Waals surface area contributed by atoms with Gasteiger partial charge in [-0.2, -0.15) is 0 Å². The summed E-state index contributed by atoms with van der Waals surface area (Å²) in [4.78, 5) is 49.1. The average molecular weight is 455 g/mol. The first-order valence-corrected chi connectivity index (χ1v) is 10.2. The lowest BCUT2D eigenvalue weighted by molar-refractivity contribution is -0.151. The second-order valence-corrected chi connectivity index (χ2v) is 7.43. The molecule has 2 aromatic carbocycles. The number of nitrogens with zero attached hydrogens (tertiary/aromatic N) is 1. The van der Waals surface area contributed by atoms with Gasteiger partial charge in [-0.05, 0) is 31.2 Å². The zero-order valence-electron chi connectivity index (χ0n) is 18.5. The number of carbonyl (C=O) groups is 4. The highest BCUT2D eigenvalue weighted by molar-refractivity contribution is 5.97. The number of benzene rings is 2. The number of nitrogens with one attached hydrogen (secondary N) is 2. The molecular formula is C23H25N3O7. The summed E-state index contributed by atoms with van der Waals surface area (Å²) in [5, 5.41) is 3.69. The van der Waals surface area contributed by atoms with Crippen molar-refractivity contribution in [3.8, 4) is 11.5 Å². The van der Waals surface area contributed by atoms with Crippen LogP contribution < -0.4 is 20.2 Å². The summed E-state index contributed by atoms with van der Waals surface area (Å²) in [5.74, 6) is -1.99. The lowest BCUT2D eigenvalue weighted by Gasteiger charge is -2.17. The molecular weight excluding hydrogens is 430 g/mol. The number of ether oxygens (including phenoxy) is 3. The van der Waals surface area contributed by atoms with Crippen molar-refractivity contribution < 1.29 is 33.4 Å². The number of hydrogen-bond acceptors (Lipinski definition) is 7. The van der Waals surface area contributed by atoms with Crippen LogP contribution in [0.25, 0.3) is 0 Å². The van der Waals surface area contributed by atoms with E-state index < -0.39 is 36.2 Å². The monoisotopic (exact) mass is 455 g/mol. The molecule has 1 saturated heterocycles. The molecule has 2 aromatic rings. The molecule has 1 atom stereocenters. The highest BCUT2D eigenvalue weighted by Crippen LogP contribution is 2.29. The Labute approximate surface area is 190 Å². The predicted molar refractivity (Wildman–Crippen MR) is 118 cm³/mol. The maximum atomic E-state index is 12.4. The first-order valence-electron chi connectivity index (χ1n) is 10.2. The smallest absolute Gasteiger partial charge is 0.311 e. The Kier molecular flexibility index (Phi) is 7.50. The fourth-order valence-electron chi connectivity index (χ4n) is 3.21. The van der Waals surface area contributed by atoms with Crippen LogP contribution in [0.1, 0.15) is 22.3 Å². The molecule has 33 heavy (non-hydrogen) atoms. The summed E-state index contributed by atoms with van der Waals surface area (Å²) in [5.41, 5.74) is 4.29. The third-order valence-electron chi connectivity index (χ3n) is 5.04. The van der Waals surface area contributed by atoms with Crippen LogP contribution in [0.4, 0.5) is 5.69 Å². The van der Waals surface area contributed by atoms with Crippen molar-refractivity contribution in [1.82, 2.24) is 10.4 Å². The summed E-state index contributed by atoms with van der Waals surface area (Å²) in [6.45, 7) is 1.33. The van der Waals surface area contributed by atoms with Gasteiger partial charge < -0.3 is 19.5 Å². The van der Waals surface area contributed by atoms with Crippen LogP contribution in [0.2, 0.25) is 0 Å². The molecule has 10 heteroatoms. The average Bonchev–Trinajstić information content (AvgIpc) is 3.18. The van der Waals surface area contributed by atoms with Gasteiger partial charge in [-0.1, -0.05) is 17.7 Å². The fourth-order valence-corrected chi connectivity index (χ4v) is 3.21. The molecule has 0 unspecified atom stereocenters. The first-order chi connectivity index (χ1) is 15.8. The molecule has 2 N–H and O–H groups in total. The van der Waals surface area contributed by atoms with Crippen molar-refractivity contribution in [3.05, 3.63) is 53.6 Å². The van der Waals surface area contributed by atoms with E-state index in [0.717, 1.165) is 10.6 Å². The molecule has 0 aliphatic carbocycles. The Morgan fingerprint density at radius 1 is 1.06 bits per heavy atom. The number of carbonyl (C=O) groups excluding carboxylic acids is 4. The van der Waals surface area contributed by atoms with E-state index in [1.165, 1.54) is 14.2 Å². The maximum Gasteiger partial charge on any atom is 0.311 e. The number of amides is 3. The van der Waals surface area contributed by atoms with Crippen LogP contribution in [0.5, 0.6) is 11.5 Å². The summed E-state index contributed by atoms with van der Waals surface area (Å²) >= 11 is 0. The van der Waals surface area contributed by atoms with Gasteiger partial charge in [-0.3, -0.25) is 29.6 Å². The second kappa shape index (κ2) is 10.5. The van der Waals surface area contributed by atoms with E-state index in [9.17, 15) is 19.2 Å². The molecule has 3 amide bonds. The number of hydrogen-bond donors (Lipinski definition) is 2. The van der Waals surface area contributed by atoms with E-state index in [2.05, 4.69) is 10.7 Å². The van der Waals surface area contributed by atoms with Gasteiger partial charge in [-0.15, -0.1) is 0 Å². The normalized spacial score (nSPS) is 15.1. The van der Waals surface area contributed by atoms with Gasteiger partial charge >= 0.3 is 5.97 Å². The second-order valence-electron chi connectivity index (χ2n) is 7.43. The number of anilines is 1. The minimum atomic E-state index is -0.792. The minimum Gasteiger partial charge on any atom is -0.497 e. The van der Waals surface area contributed by atoms with Crippen LogP contribution >= 0.6 is 0 Å². The number of rotatable bonds is 8. The zero-order valence-corrected chi connectivity index (χ0v) is 18.5. The lowest BCUT2D eigenvalue weighted by Crippen LogP contribution is -2.43. The van der Waals surface area contributed by atoms with E-state index in [1.54, 1.807) is 42.5 Å². The van der Waals surface area contributed by atoms with E-state index >= 15 is 0 Å². The quantitative estimate of drug-likeness (QED) is 0.581. The number of aryl methyl sites for hydroxylation is 1. The number of esters is 1. The molecule has 0 bridgehead atoms. The van der Waals surface area contributed by atoms with Gasteiger partial charge in [0.25, 0.3) is 11.8 Å². The molecule has 174 valence electrons. The minimum absolute atomic E-state index is 0.0385. The Hall–Kier alpha value is -4.08. The summed E-state index contributed by atoms with van der Waals surface area (Å²) in [6, 6.07) is 11.7. The molecule has 1 aliphatic rings. The highest BCUT2D eigenvalue weighted by atomic mass is 16.5. The molecule has 3 rings (SSSR count). The van der Waals surface area contributed by atoms with Crippen molar-refractivity contribution >= 4 is 29.4 Å². The van der Waals surface area contributed by atoms with Crippen LogP contribution in [-0.2, 0) is 19.1 Å². The summed E-state index contributed by atoms with van der Waals surface area (Å²) in [7, 11) is 2.96. The van der Waals surface area contributed by atoms with E-state index in [-0.39, 0.29) is 13.0 Å². The Morgan fingerprint density at radius 2 is 1.79 bits per heavy atom. The third kappa shape index (κ3) is 6.00. The molecule has 1 aliphatic heterocycles. The van der Waals surface area contributed by atoms with E-state index in [1.807, 2.05) is 6.92 Å². The van der Waals surface area contributed by atoms with Crippen molar-refractivity contribution in [2.24, 2.45) is 5.92 Å². The van der Waals surface area contributed by atoms with Crippen LogP contribution in [-0.4, -0.2) is 56.1 Å². The summed E-state index contributed by atoms with van der Waals surface area (Å²) in [6.07, 6.45) is -0.124. The van der Waals surface area contributed by atoms with Gasteiger partial charge in [0, 0.05) is 18.1 Å². The summed E-state index contributed by atoms with van der Waals surface area (Å²) < 4.78 is 15.4.